The van der Waals surface area contributed by atoms with E-state index >= 15 is 0 Å². The highest BCUT2D eigenvalue weighted by Gasteiger charge is 2.10. The summed E-state index contributed by atoms with van der Waals surface area (Å²) in [5.74, 6) is 0. The van der Waals surface area contributed by atoms with Crippen molar-refractivity contribution in [2.75, 3.05) is 13.7 Å². The number of hydrogen-bond acceptors (Lipinski definition) is 2. The molecule has 1 N–H and O–H groups in total. The molecular formula is C9H10Cl2O2. The van der Waals surface area contributed by atoms with E-state index in [0.717, 1.165) is 0 Å². The first-order valence-corrected chi connectivity index (χ1v) is 4.52. The second kappa shape index (κ2) is 4.82. The molecule has 0 aromatic heterocycles. The van der Waals surface area contributed by atoms with Gasteiger partial charge in [-0.25, -0.2) is 0 Å². The summed E-state index contributed by atoms with van der Waals surface area (Å²) < 4.78 is 4.80. The SMILES string of the molecule is COC[C@H](O)c1ccc(Cl)cc1Cl. The van der Waals surface area contributed by atoms with E-state index < -0.39 is 6.10 Å². The van der Waals surface area contributed by atoms with E-state index in [-0.39, 0.29) is 6.61 Å². The molecule has 1 atom stereocenters. The van der Waals surface area contributed by atoms with E-state index in [1.54, 1.807) is 18.2 Å². The van der Waals surface area contributed by atoms with Crippen molar-refractivity contribution in [3.63, 3.8) is 0 Å². The summed E-state index contributed by atoms with van der Waals surface area (Å²) >= 11 is 11.6. The molecule has 0 bridgehead atoms. The molecule has 0 heterocycles. The van der Waals surface area contributed by atoms with Crippen LogP contribution in [0, 0.1) is 0 Å². The molecule has 0 aliphatic rings. The Morgan fingerprint density at radius 2 is 2.15 bits per heavy atom. The van der Waals surface area contributed by atoms with Crippen molar-refractivity contribution < 1.29 is 9.84 Å². The van der Waals surface area contributed by atoms with E-state index in [4.69, 9.17) is 27.9 Å². The minimum atomic E-state index is -0.699. The Kier molecular flexibility index (Phi) is 4.00. The highest BCUT2D eigenvalue weighted by molar-refractivity contribution is 6.35. The molecule has 2 nitrogen and oxygen atoms in total. The molecule has 1 rings (SSSR count). The van der Waals surface area contributed by atoms with Crippen LogP contribution in [-0.2, 0) is 4.74 Å². The van der Waals surface area contributed by atoms with Crippen LogP contribution in [0.4, 0.5) is 0 Å². The second-order valence-electron chi connectivity index (χ2n) is 2.64. The summed E-state index contributed by atoms with van der Waals surface area (Å²) in [6.07, 6.45) is -0.699. The molecule has 4 heteroatoms. The number of ether oxygens (including phenoxy) is 1. The van der Waals surface area contributed by atoms with Crippen molar-refractivity contribution in [2.45, 2.75) is 6.10 Å². The van der Waals surface area contributed by atoms with Gasteiger partial charge in [-0.2, -0.15) is 0 Å². The summed E-state index contributed by atoms with van der Waals surface area (Å²) in [7, 11) is 1.52. The van der Waals surface area contributed by atoms with Crippen molar-refractivity contribution in [1.29, 1.82) is 0 Å². The molecule has 0 fully saturated rings. The fraction of sp³-hybridized carbons (Fsp3) is 0.333. The molecule has 0 unspecified atom stereocenters. The van der Waals surface area contributed by atoms with Gasteiger partial charge < -0.3 is 9.84 Å². The lowest BCUT2D eigenvalue weighted by molar-refractivity contribution is 0.0644. The first kappa shape index (κ1) is 10.8. The van der Waals surface area contributed by atoms with E-state index in [1.165, 1.54) is 7.11 Å². The molecule has 72 valence electrons. The van der Waals surface area contributed by atoms with E-state index in [1.807, 2.05) is 0 Å². The van der Waals surface area contributed by atoms with Gasteiger partial charge in [-0.1, -0.05) is 29.3 Å². The smallest absolute Gasteiger partial charge is 0.104 e. The van der Waals surface area contributed by atoms with Gasteiger partial charge in [-0.15, -0.1) is 0 Å². The lowest BCUT2D eigenvalue weighted by atomic mass is 10.1. The minimum Gasteiger partial charge on any atom is -0.386 e. The van der Waals surface area contributed by atoms with Crippen LogP contribution in [0.2, 0.25) is 10.0 Å². The first-order valence-electron chi connectivity index (χ1n) is 3.77. The van der Waals surface area contributed by atoms with Gasteiger partial charge in [0.05, 0.1) is 6.61 Å². The van der Waals surface area contributed by atoms with Crippen LogP contribution in [0.25, 0.3) is 0 Å². The highest BCUT2D eigenvalue weighted by atomic mass is 35.5. The van der Waals surface area contributed by atoms with Crippen molar-refractivity contribution in [3.8, 4) is 0 Å². The molecule has 0 aliphatic carbocycles. The van der Waals surface area contributed by atoms with Gasteiger partial charge in [0.1, 0.15) is 6.10 Å². The Labute approximate surface area is 87.0 Å². The predicted molar refractivity (Wildman–Crippen MR) is 53.3 cm³/mol. The van der Waals surface area contributed by atoms with Crippen LogP contribution < -0.4 is 0 Å². The maximum absolute atomic E-state index is 9.54. The van der Waals surface area contributed by atoms with Crippen LogP contribution in [0.15, 0.2) is 18.2 Å². The second-order valence-corrected chi connectivity index (χ2v) is 3.48. The Morgan fingerprint density at radius 3 is 2.69 bits per heavy atom. The van der Waals surface area contributed by atoms with Gasteiger partial charge in [-0.05, 0) is 12.1 Å². The van der Waals surface area contributed by atoms with Crippen molar-refractivity contribution in [1.82, 2.24) is 0 Å². The number of halogens is 2. The average Bonchev–Trinajstić information content (AvgIpc) is 2.04. The topological polar surface area (TPSA) is 29.5 Å². The standard InChI is InChI=1S/C9H10Cl2O2/c1-13-5-9(12)7-3-2-6(10)4-8(7)11/h2-4,9,12H,5H2,1H3/t9-/m0/s1. The van der Waals surface area contributed by atoms with Gasteiger partial charge in [-0.3, -0.25) is 0 Å². The van der Waals surface area contributed by atoms with Crippen LogP contribution >= 0.6 is 23.2 Å². The number of hydrogen-bond donors (Lipinski definition) is 1. The van der Waals surface area contributed by atoms with Crippen molar-refractivity contribution >= 4 is 23.2 Å². The summed E-state index contributed by atoms with van der Waals surface area (Å²) in [6, 6.07) is 4.97. The number of aliphatic hydroxyl groups is 1. The third-order valence-electron chi connectivity index (χ3n) is 1.65. The van der Waals surface area contributed by atoms with Crippen LogP contribution in [0.1, 0.15) is 11.7 Å². The summed E-state index contributed by atoms with van der Waals surface area (Å²) in [5, 5.41) is 10.5. The largest absolute Gasteiger partial charge is 0.386 e. The maximum Gasteiger partial charge on any atom is 0.104 e. The molecular weight excluding hydrogens is 211 g/mol. The van der Waals surface area contributed by atoms with Gasteiger partial charge in [0.2, 0.25) is 0 Å². The fourth-order valence-electron chi connectivity index (χ4n) is 1.02. The van der Waals surface area contributed by atoms with Crippen molar-refractivity contribution in [2.24, 2.45) is 0 Å². The fourth-order valence-corrected chi connectivity index (χ4v) is 1.55. The monoisotopic (exact) mass is 220 g/mol. The third kappa shape index (κ3) is 2.85. The maximum atomic E-state index is 9.54. The van der Waals surface area contributed by atoms with Crippen LogP contribution in [0.5, 0.6) is 0 Å². The Bertz CT molecular complexity index is 289. The lowest BCUT2D eigenvalue weighted by Gasteiger charge is -2.11. The summed E-state index contributed by atoms with van der Waals surface area (Å²) in [4.78, 5) is 0. The van der Waals surface area contributed by atoms with Gasteiger partial charge >= 0.3 is 0 Å². The Balaban J connectivity index is 2.88. The molecule has 0 radical (unpaired) electrons. The molecule has 0 amide bonds. The minimum absolute atomic E-state index is 0.224. The third-order valence-corrected chi connectivity index (χ3v) is 2.21. The molecule has 1 aromatic carbocycles. The number of aliphatic hydroxyl groups excluding tert-OH is 1. The first-order chi connectivity index (χ1) is 6.15. The zero-order chi connectivity index (χ0) is 9.84. The van der Waals surface area contributed by atoms with Crippen LogP contribution in [-0.4, -0.2) is 18.8 Å². The molecule has 0 saturated carbocycles. The zero-order valence-electron chi connectivity index (χ0n) is 7.13. The van der Waals surface area contributed by atoms with Gasteiger partial charge in [0.15, 0.2) is 0 Å². The van der Waals surface area contributed by atoms with Gasteiger partial charge in [0, 0.05) is 22.7 Å². The molecule has 0 aliphatic heterocycles. The molecule has 0 spiro atoms. The zero-order valence-corrected chi connectivity index (χ0v) is 8.64. The molecule has 13 heavy (non-hydrogen) atoms. The normalized spacial score (nSPS) is 12.9. The highest BCUT2D eigenvalue weighted by Crippen LogP contribution is 2.26. The van der Waals surface area contributed by atoms with Crippen molar-refractivity contribution in [3.05, 3.63) is 33.8 Å². The van der Waals surface area contributed by atoms with E-state index in [2.05, 4.69) is 0 Å². The summed E-state index contributed by atoms with van der Waals surface area (Å²) in [6.45, 7) is 0.224. The average molecular weight is 221 g/mol. The number of rotatable bonds is 3. The Morgan fingerprint density at radius 1 is 1.46 bits per heavy atom. The lowest BCUT2D eigenvalue weighted by Crippen LogP contribution is -2.05. The van der Waals surface area contributed by atoms with Crippen LogP contribution in [0.3, 0.4) is 0 Å². The number of benzene rings is 1. The quantitative estimate of drug-likeness (QED) is 0.850. The molecule has 1 aromatic rings. The van der Waals surface area contributed by atoms with E-state index in [9.17, 15) is 5.11 Å². The van der Waals surface area contributed by atoms with Gasteiger partial charge in [0.25, 0.3) is 0 Å². The summed E-state index contributed by atoms with van der Waals surface area (Å²) in [5.41, 5.74) is 0.632. The molecule has 0 saturated heterocycles. The Hall–Kier alpha value is -0.280. The van der Waals surface area contributed by atoms with E-state index in [0.29, 0.717) is 15.6 Å². The predicted octanol–water partition coefficient (Wildman–Crippen LogP) is 2.67. The number of methoxy groups -OCH3 is 1.